The van der Waals surface area contributed by atoms with E-state index in [9.17, 15) is 9.59 Å². The predicted octanol–water partition coefficient (Wildman–Crippen LogP) is 2.56. The summed E-state index contributed by atoms with van der Waals surface area (Å²) in [5.41, 5.74) is 1.81. The molecule has 2 bridgehead atoms. The van der Waals surface area contributed by atoms with Crippen molar-refractivity contribution in [3.05, 3.63) is 46.6 Å². The Labute approximate surface area is 155 Å². The van der Waals surface area contributed by atoms with Crippen LogP contribution < -0.4 is 4.90 Å². The fraction of sp³-hybridized carbons (Fsp3) is 0.421. The van der Waals surface area contributed by atoms with Crippen molar-refractivity contribution in [3.8, 4) is 0 Å². The largest absolute Gasteiger partial charge is 0.373 e. The molecule has 3 fully saturated rings. The van der Waals surface area contributed by atoms with Crippen molar-refractivity contribution < 1.29 is 14.3 Å². The average Bonchev–Trinajstić information content (AvgIpc) is 3.35. The summed E-state index contributed by atoms with van der Waals surface area (Å²) >= 11 is 6.24. The zero-order valence-corrected chi connectivity index (χ0v) is 15.0. The van der Waals surface area contributed by atoms with Crippen LogP contribution in [0.25, 0.3) is 0 Å². The van der Waals surface area contributed by atoms with E-state index < -0.39 is 0 Å². The first kappa shape index (κ1) is 16.0. The molecule has 2 amide bonds. The summed E-state index contributed by atoms with van der Waals surface area (Å²) in [6, 6.07) is 9.36. The lowest BCUT2D eigenvalue weighted by Crippen LogP contribution is -2.34. The van der Waals surface area contributed by atoms with E-state index in [2.05, 4.69) is 5.10 Å². The Balaban J connectivity index is 1.46. The number of benzene rings is 1. The highest BCUT2D eigenvalue weighted by atomic mass is 35.5. The zero-order valence-electron chi connectivity index (χ0n) is 14.3. The number of aryl methyl sites for hydroxylation is 1. The number of anilines is 1. The molecule has 4 atom stereocenters. The summed E-state index contributed by atoms with van der Waals surface area (Å²) in [4.78, 5) is 27.0. The van der Waals surface area contributed by atoms with Crippen molar-refractivity contribution in [2.24, 2.45) is 11.8 Å². The number of ether oxygens (including phenoxy) is 1. The minimum absolute atomic E-state index is 0.113. The van der Waals surface area contributed by atoms with E-state index in [0.29, 0.717) is 17.4 Å². The molecule has 0 radical (unpaired) electrons. The van der Waals surface area contributed by atoms with Crippen molar-refractivity contribution in [3.63, 3.8) is 0 Å². The van der Waals surface area contributed by atoms with E-state index in [4.69, 9.17) is 16.3 Å². The molecule has 7 heteroatoms. The lowest BCUT2D eigenvalue weighted by molar-refractivity contribution is -0.124. The van der Waals surface area contributed by atoms with Gasteiger partial charge in [-0.05, 0) is 31.4 Å². The van der Waals surface area contributed by atoms with E-state index in [1.165, 1.54) is 4.90 Å². The third-order valence-electron chi connectivity index (χ3n) is 5.76. The second-order valence-electron chi connectivity index (χ2n) is 7.25. The Morgan fingerprint density at radius 1 is 1.15 bits per heavy atom. The first-order valence-corrected chi connectivity index (χ1v) is 9.23. The monoisotopic (exact) mass is 371 g/mol. The molecule has 3 aliphatic rings. The maximum Gasteiger partial charge on any atom is 0.241 e. The standard InChI is InChI=1S/C19H18ClN3O3/c1-10-8-15(21-22(10)9-11-4-2-3-5-12(11)20)23-18(24)16-13-6-7-14(26-13)17(16)19(23)25/h2-5,8,13-14,16-17H,6-7,9H2,1H3/t13-,14-,16-,17+/m1/s1. The molecule has 6 nitrogen and oxygen atoms in total. The van der Waals surface area contributed by atoms with Crippen LogP contribution in [0, 0.1) is 18.8 Å². The lowest BCUT2D eigenvalue weighted by atomic mass is 9.81. The molecule has 26 heavy (non-hydrogen) atoms. The highest BCUT2D eigenvalue weighted by molar-refractivity contribution is 6.31. The molecule has 2 aromatic rings. The van der Waals surface area contributed by atoms with Gasteiger partial charge in [-0.2, -0.15) is 5.10 Å². The third kappa shape index (κ3) is 2.18. The number of imide groups is 1. The highest BCUT2D eigenvalue weighted by Gasteiger charge is 2.63. The van der Waals surface area contributed by atoms with Gasteiger partial charge in [0.15, 0.2) is 5.82 Å². The van der Waals surface area contributed by atoms with Crippen LogP contribution in [0.2, 0.25) is 5.02 Å². The normalized spacial score (nSPS) is 29.7. The summed E-state index contributed by atoms with van der Waals surface area (Å²) in [6.07, 6.45) is 1.49. The van der Waals surface area contributed by atoms with Gasteiger partial charge >= 0.3 is 0 Å². The summed E-state index contributed by atoms with van der Waals surface area (Å²) in [7, 11) is 0. The van der Waals surface area contributed by atoms with Gasteiger partial charge < -0.3 is 4.74 Å². The van der Waals surface area contributed by atoms with Crippen molar-refractivity contribution in [1.82, 2.24) is 9.78 Å². The number of hydrogen-bond acceptors (Lipinski definition) is 4. The molecule has 134 valence electrons. The van der Waals surface area contributed by atoms with Gasteiger partial charge in [-0.3, -0.25) is 14.3 Å². The van der Waals surface area contributed by atoms with Gasteiger partial charge in [0.2, 0.25) is 11.8 Å². The van der Waals surface area contributed by atoms with Crippen LogP contribution >= 0.6 is 11.6 Å². The first-order valence-electron chi connectivity index (χ1n) is 8.85. The van der Waals surface area contributed by atoms with E-state index in [1.807, 2.05) is 31.2 Å². The van der Waals surface area contributed by atoms with Gasteiger partial charge in [0.1, 0.15) is 0 Å². The highest BCUT2D eigenvalue weighted by Crippen LogP contribution is 2.49. The summed E-state index contributed by atoms with van der Waals surface area (Å²) in [6.45, 7) is 2.40. The van der Waals surface area contributed by atoms with E-state index in [0.717, 1.165) is 24.1 Å². The number of nitrogens with zero attached hydrogens (tertiary/aromatic N) is 3. The average molecular weight is 372 g/mol. The van der Waals surface area contributed by atoms with Gasteiger partial charge in [0.05, 0.1) is 30.6 Å². The number of fused-ring (bicyclic) bond motifs is 5. The quantitative estimate of drug-likeness (QED) is 0.778. The summed E-state index contributed by atoms with van der Waals surface area (Å²) in [5, 5.41) is 5.20. The third-order valence-corrected chi connectivity index (χ3v) is 6.13. The topological polar surface area (TPSA) is 64.4 Å². The maximum absolute atomic E-state index is 12.9. The fourth-order valence-electron chi connectivity index (χ4n) is 4.49. The van der Waals surface area contributed by atoms with E-state index in [1.54, 1.807) is 10.7 Å². The number of carbonyl (C=O) groups is 2. The lowest BCUT2D eigenvalue weighted by Gasteiger charge is -2.15. The molecular formula is C19H18ClN3O3. The number of halogens is 1. The molecule has 3 aliphatic heterocycles. The molecule has 0 aliphatic carbocycles. The Bertz CT molecular complexity index is 897. The van der Waals surface area contributed by atoms with Gasteiger partial charge in [0, 0.05) is 16.8 Å². The molecule has 0 saturated carbocycles. The van der Waals surface area contributed by atoms with Crippen LogP contribution in [0.15, 0.2) is 30.3 Å². The van der Waals surface area contributed by atoms with Crippen molar-refractivity contribution in [1.29, 1.82) is 0 Å². The van der Waals surface area contributed by atoms with E-state index in [-0.39, 0.29) is 35.9 Å². The SMILES string of the molecule is Cc1cc(N2C(=O)[C@@H]3[C@H](C2=O)[C@H]2CC[C@H]3O2)nn1Cc1ccccc1Cl. The second-order valence-corrected chi connectivity index (χ2v) is 7.65. The number of carbonyl (C=O) groups excluding carboxylic acids is 2. The fourth-order valence-corrected chi connectivity index (χ4v) is 4.68. The van der Waals surface area contributed by atoms with Crippen molar-refractivity contribution in [2.45, 2.75) is 38.5 Å². The van der Waals surface area contributed by atoms with Gasteiger partial charge in [-0.25, -0.2) is 4.90 Å². The number of aromatic nitrogens is 2. The molecular weight excluding hydrogens is 354 g/mol. The van der Waals surface area contributed by atoms with Crippen molar-refractivity contribution >= 4 is 29.2 Å². The Hall–Kier alpha value is -2.18. The molecule has 3 saturated heterocycles. The number of rotatable bonds is 3. The van der Waals surface area contributed by atoms with Crippen molar-refractivity contribution in [2.75, 3.05) is 4.90 Å². The molecule has 0 spiro atoms. The van der Waals surface area contributed by atoms with Gasteiger partial charge in [-0.1, -0.05) is 29.8 Å². The van der Waals surface area contributed by atoms with Gasteiger partial charge in [-0.15, -0.1) is 0 Å². The minimum Gasteiger partial charge on any atom is -0.373 e. The molecule has 1 aromatic carbocycles. The maximum atomic E-state index is 12.9. The summed E-state index contributed by atoms with van der Waals surface area (Å²) < 4.78 is 7.55. The Kier molecular flexibility index (Phi) is 3.49. The number of hydrogen-bond donors (Lipinski definition) is 0. The summed E-state index contributed by atoms with van der Waals surface area (Å²) in [5.74, 6) is -0.618. The number of amides is 2. The molecule has 1 aromatic heterocycles. The van der Waals surface area contributed by atoms with Crippen LogP contribution in [0.3, 0.4) is 0 Å². The van der Waals surface area contributed by atoms with Crippen LogP contribution in [0.4, 0.5) is 5.82 Å². The Morgan fingerprint density at radius 2 is 1.81 bits per heavy atom. The zero-order chi connectivity index (χ0) is 18.0. The molecule has 0 N–H and O–H groups in total. The van der Waals surface area contributed by atoms with Gasteiger partial charge in [0.25, 0.3) is 0 Å². The smallest absolute Gasteiger partial charge is 0.241 e. The Morgan fingerprint density at radius 3 is 2.46 bits per heavy atom. The first-order chi connectivity index (χ1) is 12.5. The van der Waals surface area contributed by atoms with E-state index >= 15 is 0 Å². The van der Waals surface area contributed by atoms with Crippen LogP contribution in [0.1, 0.15) is 24.1 Å². The van der Waals surface area contributed by atoms with Crippen LogP contribution in [-0.2, 0) is 20.9 Å². The second kappa shape index (κ2) is 5.66. The van der Waals surface area contributed by atoms with Crippen LogP contribution in [0.5, 0.6) is 0 Å². The molecule has 0 unspecified atom stereocenters. The minimum atomic E-state index is -0.338. The molecule has 5 rings (SSSR count). The molecule has 4 heterocycles. The van der Waals surface area contributed by atoms with Crippen LogP contribution in [-0.4, -0.2) is 33.8 Å². The predicted molar refractivity (Wildman–Crippen MR) is 94.9 cm³/mol.